The van der Waals surface area contributed by atoms with Crippen molar-refractivity contribution in [1.82, 2.24) is 0 Å². The van der Waals surface area contributed by atoms with Crippen molar-refractivity contribution in [2.24, 2.45) is 0 Å². The van der Waals surface area contributed by atoms with E-state index in [0.29, 0.717) is 22.3 Å². The number of hydrogen-bond acceptors (Lipinski definition) is 1. The number of benzene rings is 9. The van der Waals surface area contributed by atoms with Gasteiger partial charge in [0.25, 0.3) is 0 Å². The van der Waals surface area contributed by atoms with Crippen LogP contribution in [0, 0.1) is 0 Å². The highest BCUT2D eigenvalue weighted by Gasteiger charge is 2.19. The van der Waals surface area contributed by atoms with Crippen LogP contribution in [-0.4, -0.2) is 0 Å². The third kappa shape index (κ3) is 4.40. The first kappa shape index (κ1) is 20.7. The Morgan fingerprint density at radius 3 is 1.69 bits per heavy atom. The third-order valence-corrected chi connectivity index (χ3v) is 9.52. The van der Waals surface area contributed by atoms with Crippen molar-refractivity contribution in [3.8, 4) is 44.5 Å². The van der Waals surface area contributed by atoms with E-state index in [-0.39, 0.29) is 45.7 Å². The molecule has 1 heteroatoms. The molecule has 10 rings (SSSR count). The number of fused-ring (bicyclic) bond motifs is 7. The van der Waals surface area contributed by atoms with Gasteiger partial charge in [-0.05, 0) is 89.6 Å². The highest BCUT2D eigenvalue weighted by molar-refractivity contribution is 6.22. The second-order valence-electron chi connectivity index (χ2n) is 12.2. The molecule has 0 spiro atoms. The van der Waals surface area contributed by atoms with Crippen LogP contribution in [-0.2, 0) is 0 Å². The average Bonchev–Trinajstić information content (AvgIpc) is 3.64. The van der Waals surface area contributed by atoms with E-state index < -0.39 is 24.2 Å². The monoisotopic (exact) mass is 630 g/mol. The smallest absolute Gasteiger partial charge is 0.143 e. The minimum absolute atomic E-state index is 0.183. The molecule has 0 fully saturated rings. The van der Waals surface area contributed by atoms with E-state index in [1.807, 2.05) is 103 Å². The van der Waals surface area contributed by atoms with E-state index >= 15 is 0 Å². The molecule has 1 aromatic heterocycles. The van der Waals surface area contributed by atoms with Gasteiger partial charge < -0.3 is 4.42 Å². The maximum Gasteiger partial charge on any atom is 0.143 e. The van der Waals surface area contributed by atoms with Gasteiger partial charge in [0.15, 0.2) is 0 Å². The van der Waals surface area contributed by atoms with Crippen LogP contribution in [0.4, 0.5) is 0 Å². The number of rotatable bonds is 4. The molecule has 0 atom stereocenters. The van der Waals surface area contributed by atoms with Gasteiger partial charge in [0.1, 0.15) is 11.2 Å². The summed E-state index contributed by atoms with van der Waals surface area (Å²) in [5.41, 5.74) is 6.83. The van der Waals surface area contributed by atoms with Gasteiger partial charge >= 0.3 is 0 Å². The summed E-state index contributed by atoms with van der Waals surface area (Å²) in [5, 5.41) is 4.87. The molecule has 0 amide bonds. The first-order chi connectivity index (χ1) is 27.6. The minimum Gasteiger partial charge on any atom is -0.455 e. The molecule has 0 saturated heterocycles. The lowest BCUT2D eigenvalue weighted by Gasteiger charge is -2.19. The Bertz CT molecular complexity index is 3240. The standard InChI is InChI=1S/C48H30O/c1-2-12-32(13-3-1)36-15-6-7-17-38(36)47-41-20-10-8-18-39(41)46(40-19-9-11-21-42(40)47)34-24-22-31(23-25-34)35-27-29-45-44(30-35)43-28-26-33-14-4-5-16-37(33)48(43)49-45/h1-30H/i8D,9D,10D,11D,18D,19D,20D,21D. The largest absolute Gasteiger partial charge is 0.455 e. The Labute approximate surface area is 295 Å². The molecule has 9 aromatic carbocycles. The highest BCUT2D eigenvalue weighted by atomic mass is 16.3. The summed E-state index contributed by atoms with van der Waals surface area (Å²) in [6.45, 7) is 0. The fourth-order valence-electron chi connectivity index (χ4n) is 7.27. The van der Waals surface area contributed by atoms with E-state index in [9.17, 15) is 5.48 Å². The van der Waals surface area contributed by atoms with Crippen molar-refractivity contribution < 1.29 is 15.4 Å². The maximum atomic E-state index is 9.36. The molecule has 10 aromatic rings. The molecule has 0 N–H and O–H groups in total. The van der Waals surface area contributed by atoms with Crippen molar-refractivity contribution in [3.05, 3.63) is 182 Å². The van der Waals surface area contributed by atoms with Crippen LogP contribution < -0.4 is 0 Å². The summed E-state index contributed by atoms with van der Waals surface area (Å²) in [7, 11) is 0. The quantitative estimate of drug-likeness (QED) is 0.176. The van der Waals surface area contributed by atoms with Crippen molar-refractivity contribution in [1.29, 1.82) is 0 Å². The summed E-state index contributed by atoms with van der Waals surface area (Å²) in [5.74, 6) is 0. The molecule has 0 saturated carbocycles. The maximum absolute atomic E-state index is 9.36. The zero-order valence-electron chi connectivity index (χ0n) is 34.1. The zero-order valence-corrected chi connectivity index (χ0v) is 26.1. The summed E-state index contributed by atoms with van der Waals surface area (Å²) >= 11 is 0. The molecule has 1 heterocycles. The predicted octanol–water partition coefficient (Wildman–Crippen LogP) is 13.7. The first-order valence-electron chi connectivity index (χ1n) is 20.2. The Morgan fingerprint density at radius 2 is 0.959 bits per heavy atom. The van der Waals surface area contributed by atoms with Crippen molar-refractivity contribution in [2.45, 2.75) is 0 Å². The van der Waals surface area contributed by atoms with Crippen LogP contribution in [0.5, 0.6) is 0 Å². The Balaban J connectivity index is 1.26. The fourth-order valence-corrected chi connectivity index (χ4v) is 7.27. The third-order valence-electron chi connectivity index (χ3n) is 9.52. The summed E-state index contributed by atoms with van der Waals surface area (Å²) in [4.78, 5) is 0. The topological polar surface area (TPSA) is 13.1 Å². The van der Waals surface area contributed by atoms with Gasteiger partial charge in [0.2, 0.25) is 0 Å². The van der Waals surface area contributed by atoms with Crippen LogP contribution >= 0.6 is 0 Å². The van der Waals surface area contributed by atoms with Crippen LogP contribution in [0.2, 0.25) is 0 Å². The Kier molecular flexibility index (Phi) is 4.69. The average molecular weight is 631 g/mol. The van der Waals surface area contributed by atoms with Crippen molar-refractivity contribution in [3.63, 3.8) is 0 Å². The normalized spacial score (nSPS) is 14.0. The van der Waals surface area contributed by atoms with Crippen molar-refractivity contribution in [2.75, 3.05) is 0 Å². The second kappa shape index (κ2) is 11.1. The van der Waals surface area contributed by atoms with Gasteiger partial charge in [-0.25, -0.2) is 0 Å². The predicted molar refractivity (Wildman–Crippen MR) is 208 cm³/mol. The lowest BCUT2D eigenvalue weighted by Crippen LogP contribution is -1.92. The molecule has 0 bridgehead atoms. The summed E-state index contributed by atoms with van der Waals surface area (Å²) in [6, 6.07) is 40.2. The van der Waals surface area contributed by atoms with Crippen LogP contribution in [0.15, 0.2) is 186 Å². The first-order valence-corrected chi connectivity index (χ1v) is 16.2. The zero-order chi connectivity index (χ0) is 39.3. The van der Waals surface area contributed by atoms with Gasteiger partial charge in [-0.2, -0.15) is 0 Å². The van der Waals surface area contributed by atoms with Crippen molar-refractivity contribution >= 4 is 54.3 Å². The second-order valence-corrected chi connectivity index (χ2v) is 12.2. The lowest BCUT2D eigenvalue weighted by molar-refractivity contribution is 0.672. The van der Waals surface area contributed by atoms with E-state index in [2.05, 4.69) is 30.3 Å². The number of hydrogen-bond donors (Lipinski definition) is 0. The lowest BCUT2D eigenvalue weighted by atomic mass is 9.83. The van der Waals surface area contributed by atoms with Crippen LogP contribution in [0.25, 0.3) is 98.8 Å². The van der Waals surface area contributed by atoms with Gasteiger partial charge in [-0.15, -0.1) is 0 Å². The van der Waals surface area contributed by atoms with Gasteiger partial charge in [-0.3, -0.25) is 0 Å². The fraction of sp³-hybridized carbons (Fsp3) is 0. The van der Waals surface area contributed by atoms with Gasteiger partial charge in [0.05, 0.1) is 11.0 Å². The molecule has 0 aliphatic carbocycles. The molecule has 49 heavy (non-hydrogen) atoms. The summed E-state index contributed by atoms with van der Waals surface area (Å²) in [6.07, 6.45) is 0. The molecular weight excluding hydrogens is 593 g/mol. The van der Waals surface area contributed by atoms with E-state index in [0.717, 1.165) is 55.0 Å². The van der Waals surface area contributed by atoms with Crippen LogP contribution in [0.3, 0.4) is 0 Å². The molecule has 0 unspecified atom stereocenters. The molecule has 0 aliphatic rings. The summed E-state index contributed by atoms with van der Waals surface area (Å²) < 4.78 is 79.0. The molecule has 0 radical (unpaired) electrons. The van der Waals surface area contributed by atoms with E-state index in [1.54, 1.807) is 0 Å². The van der Waals surface area contributed by atoms with E-state index in [1.165, 1.54) is 0 Å². The van der Waals surface area contributed by atoms with Gasteiger partial charge in [-0.1, -0.05) is 164 Å². The molecular formula is C48H30O. The molecule has 228 valence electrons. The highest BCUT2D eigenvalue weighted by Crippen LogP contribution is 2.46. The van der Waals surface area contributed by atoms with Gasteiger partial charge in [0, 0.05) is 16.2 Å². The molecule has 0 aliphatic heterocycles. The van der Waals surface area contributed by atoms with Crippen LogP contribution in [0.1, 0.15) is 11.0 Å². The van der Waals surface area contributed by atoms with E-state index in [4.69, 9.17) is 9.90 Å². The Hall–Kier alpha value is -6.44. The number of furan rings is 1. The SMILES string of the molecule is [2H]c1c([2H])c([2H])c2c(-c3ccccc3-c3ccccc3)c3c([2H])c([2H])c([2H])c([2H])c3c(-c3ccc(-c4ccc5oc6c7ccccc7ccc6c5c4)cc3)c2c1[2H]. The minimum atomic E-state index is -0.429. The molecule has 1 nitrogen and oxygen atoms in total. The Morgan fingerprint density at radius 1 is 0.367 bits per heavy atom.